The molecule has 0 spiro atoms. The Kier molecular flexibility index (Phi) is 4.09. The molecule has 0 bridgehead atoms. The fourth-order valence-corrected chi connectivity index (χ4v) is 1.61. The van der Waals surface area contributed by atoms with Gasteiger partial charge in [0.1, 0.15) is 0 Å². The lowest BCUT2D eigenvalue weighted by atomic mass is 9.90. The van der Waals surface area contributed by atoms with Gasteiger partial charge in [-0.3, -0.25) is 0 Å². The van der Waals surface area contributed by atoms with Crippen molar-refractivity contribution < 1.29 is 4.74 Å². The zero-order valence-corrected chi connectivity index (χ0v) is 7.72. The number of hydrogen-bond acceptors (Lipinski definition) is 1. The fraction of sp³-hybridized carbons (Fsp3) is 0.636. The Morgan fingerprint density at radius 2 is 2.42 bits per heavy atom. The van der Waals surface area contributed by atoms with Crippen molar-refractivity contribution in [3.8, 4) is 0 Å². The fourth-order valence-electron chi connectivity index (χ4n) is 1.61. The molecule has 1 fully saturated rings. The molecule has 0 N–H and O–H groups in total. The van der Waals surface area contributed by atoms with Crippen molar-refractivity contribution in [1.82, 2.24) is 0 Å². The average molecular weight is 166 g/mol. The highest BCUT2D eigenvalue weighted by molar-refractivity contribution is 5.03. The van der Waals surface area contributed by atoms with Gasteiger partial charge in [-0.05, 0) is 37.2 Å². The van der Waals surface area contributed by atoms with E-state index in [0.29, 0.717) is 5.92 Å². The molecule has 1 nitrogen and oxygen atoms in total. The van der Waals surface area contributed by atoms with Crippen molar-refractivity contribution in [2.24, 2.45) is 5.92 Å². The number of unbranched alkanes of at least 4 members (excludes halogenated alkanes) is 1. The van der Waals surface area contributed by atoms with Crippen molar-refractivity contribution in [2.75, 3.05) is 13.2 Å². The third-order valence-electron chi connectivity index (χ3n) is 2.44. The smallest absolute Gasteiger partial charge is 0.0676 e. The van der Waals surface area contributed by atoms with E-state index in [1.54, 1.807) is 0 Å². The first-order chi connectivity index (χ1) is 5.84. The van der Waals surface area contributed by atoms with Gasteiger partial charge in [-0.1, -0.05) is 12.7 Å². The Hall–Kier alpha value is -0.560. The van der Waals surface area contributed by atoms with E-state index in [1.807, 2.05) is 6.08 Å². The van der Waals surface area contributed by atoms with Gasteiger partial charge in [0.15, 0.2) is 0 Å². The van der Waals surface area contributed by atoms with Crippen LogP contribution in [0.2, 0.25) is 0 Å². The summed E-state index contributed by atoms with van der Waals surface area (Å²) in [5.74, 6) is 0.707. The molecular formula is C11H18O. The van der Waals surface area contributed by atoms with E-state index in [-0.39, 0.29) is 0 Å². The minimum Gasteiger partial charge on any atom is -0.377 e. The minimum absolute atomic E-state index is 0.707. The highest BCUT2D eigenvalue weighted by Crippen LogP contribution is 2.24. The molecule has 0 radical (unpaired) electrons. The molecule has 0 aliphatic carbocycles. The van der Waals surface area contributed by atoms with E-state index in [1.165, 1.54) is 18.4 Å². The Morgan fingerprint density at radius 3 is 3.08 bits per heavy atom. The number of rotatable bonds is 4. The van der Waals surface area contributed by atoms with Crippen LogP contribution in [-0.2, 0) is 4.74 Å². The summed E-state index contributed by atoms with van der Waals surface area (Å²) in [6.45, 7) is 9.43. The van der Waals surface area contributed by atoms with E-state index in [9.17, 15) is 0 Å². The number of allylic oxidation sites excluding steroid dienone is 1. The topological polar surface area (TPSA) is 9.23 Å². The molecule has 1 atom stereocenters. The van der Waals surface area contributed by atoms with Gasteiger partial charge in [-0.15, -0.1) is 6.58 Å². The van der Waals surface area contributed by atoms with Crippen molar-refractivity contribution >= 4 is 0 Å². The normalized spacial score (nSPS) is 24.0. The predicted molar refractivity (Wildman–Crippen MR) is 52.1 cm³/mol. The number of ether oxygens (including phenoxy) is 1. The highest BCUT2D eigenvalue weighted by atomic mass is 16.5. The lowest BCUT2D eigenvalue weighted by Crippen LogP contribution is -2.18. The molecule has 0 amide bonds. The number of hydrogen-bond donors (Lipinski definition) is 0. The maximum absolute atomic E-state index is 5.30. The maximum atomic E-state index is 5.30. The monoisotopic (exact) mass is 166 g/mol. The first kappa shape index (κ1) is 9.53. The van der Waals surface area contributed by atoms with Gasteiger partial charge in [0, 0.05) is 6.61 Å². The van der Waals surface area contributed by atoms with E-state index in [0.717, 1.165) is 26.1 Å². The average Bonchev–Trinajstić information content (AvgIpc) is 2.09. The molecule has 12 heavy (non-hydrogen) atoms. The van der Waals surface area contributed by atoms with Gasteiger partial charge in [-0.2, -0.15) is 0 Å². The van der Waals surface area contributed by atoms with Crippen molar-refractivity contribution in [2.45, 2.75) is 25.7 Å². The summed E-state index contributed by atoms with van der Waals surface area (Å²) in [5.41, 5.74) is 1.28. The molecule has 1 saturated heterocycles. The lowest BCUT2D eigenvalue weighted by Gasteiger charge is -2.24. The van der Waals surface area contributed by atoms with Crippen LogP contribution in [0, 0.1) is 5.92 Å². The summed E-state index contributed by atoms with van der Waals surface area (Å²) in [7, 11) is 0. The van der Waals surface area contributed by atoms with Crippen LogP contribution in [-0.4, -0.2) is 13.2 Å². The quantitative estimate of drug-likeness (QED) is 0.461. The predicted octanol–water partition coefficient (Wildman–Crippen LogP) is 2.94. The van der Waals surface area contributed by atoms with E-state index < -0.39 is 0 Å². The van der Waals surface area contributed by atoms with Crippen LogP contribution >= 0.6 is 0 Å². The third-order valence-corrected chi connectivity index (χ3v) is 2.44. The van der Waals surface area contributed by atoms with Gasteiger partial charge >= 0.3 is 0 Å². The van der Waals surface area contributed by atoms with E-state index in [2.05, 4.69) is 13.2 Å². The molecule has 0 aromatic heterocycles. The Bertz CT molecular complexity index is 160. The van der Waals surface area contributed by atoms with Crippen LogP contribution in [0.4, 0.5) is 0 Å². The molecular weight excluding hydrogens is 148 g/mol. The highest BCUT2D eigenvalue weighted by Gasteiger charge is 2.16. The first-order valence-electron chi connectivity index (χ1n) is 4.71. The van der Waals surface area contributed by atoms with Crippen LogP contribution in [0.1, 0.15) is 25.7 Å². The summed E-state index contributed by atoms with van der Waals surface area (Å²) in [6.07, 6.45) is 6.78. The van der Waals surface area contributed by atoms with Gasteiger partial charge in [0.05, 0.1) is 6.61 Å². The molecule has 1 heteroatoms. The molecule has 0 saturated carbocycles. The van der Waals surface area contributed by atoms with E-state index >= 15 is 0 Å². The third kappa shape index (κ3) is 2.82. The summed E-state index contributed by atoms with van der Waals surface area (Å²) in [6, 6.07) is 0. The summed E-state index contributed by atoms with van der Waals surface area (Å²) >= 11 is 0. The van der Waals surface area contributed by atoms with Crippen LogP contribution in [0.5, 0.6) is 0 Å². The molecule has 1 unspecified atom stereocenters. The first-order valence-corrected chi connectivity index (χ1v) is 4.71. The SMILES string of the molecule is C=CCCCC1CCOCC1=C. The zero-order valence-electron chi connectivity index (χ0n) is 7.72. The molecule has 1 rings (SSSR count). The molecule has 0 aromatic rings. The van der Waals surface area contributed by atoms with Gasteiger partial charge in [0.25, 0.3) is 0 Å². The zero-order chi connectivity index (χ0) is 8.81. The van der Waals surface area contributed by atoms with Crippen molar-refractivity contribution in [3.05, 3.63) is 24.8 Å². The Balaban J connectivity index is 2.20. The summed E-state index contributed by atoms with van der Waals surface area (Å²) in [5, 5.41) is 0. The van der Waals surface area contributed by atoms with Gasteiger partial charge < -0.3 is 4.74 Å². The molecule has 0 aromatic carbocycles. The van der Waals surface area contributed by atoms with Crippen molar-refractivity contribution in [1.29, 1.82) is 0 Å². The Labute approximate surface area is 75.1 Å². The van der Waals surface area contributed by atoms with Crippen molar-refractivity contribution in [3.63, 3.8) is 0 Å². The van der Waals surface area contributed by atoms with Gasteiger partial charge in [-0.25, -0.2) is 0 Å². The second-order valence-electron chi connectivity index (χ2n) is 3.42. The largest absolute Gasteiger partial charge is 0.377 e. The molecule has 1 heterocycles. The van der Waals surface area contributed by atoms with Crippen LogP contribution < -0.4 is 0 Å². The lowest BCUT2D eigenvalue weighted by molar-refractivity contribution is 0.105. The molecule has 1 aliphatic rings. The minimum atomic E-state index is 0.707. The molecule has 1 aliphatic heterocycles. The summed E-state index contributed by atoms with van der Waals surface area (Å²) in [4.78, 5) is 0. The standard InChI is InChI=1S/C11H18O/c1-3-4-5-6-11-7-8-12-9-10(11)2/h3,11H,1-2,4-9H2. The van der Waals surface area contributed by atoms with Crippen LogP contribution in [0.3, 0.4) is 0 Å². The van der Waals surface area contributed by atoms with Gasteiger partial charge in [0.2, 0.25) is 0 Å². The van der Waals surface area contributed by atoms with Crippen LogP contribution in [0.15, 0.2) is 24.8 Å². The molecule has 68 valence electrons. The maximum Gasteiger partial charge on any atom is 0.0676 e. The summed E-state index contributed by atoms with van der Waals surface area (Å²) < 4.78 is 5.30. The van der Waals surface area contributed by atoms with E-state index in [4.69, 9.17) is 4.74 Å². The second-order valence-corrected chi connectivity index (χ2v) is 3.42. The Morgan fingerprint density at radius 1 is 1.58 bits per heavy atom. The second kappa shape index (κ2) is 5.15. The van der Waals surface area contributed by atoms with Crippen LogP contribution in [0.25, 0.3) is 0 Å².